The molecule has 4 rings (SSSR count). The third kappa shape index (κ3) is 4.00. The number of halogens is 1. The predicted octanol–water partition coefficient (Wildman–Crippen LogP) is 3.62. The lowest BCUT2D eigenvalue weighted by molar-refractivity contribution is -0.138. The number of ketones is 2. The summed E-state index contributed by atoms with van der Waals surface area (Å²) in [6.07, 6.45) is -1.41. The molecule has 0 saturated heterocycles. The van der Waals surface area contributed by atoms with Crippen molar-refractivity contribution in [3.8, 4) is 6.07 Å². The van der Waals surface area contributed by atoms with Crippen LogP contribution in [0.3, 0.4) is 0 Å². The van der Waals surface area contributed by atoms with Gasteiger partial charge in [-0.15, -0.1) is 0 Å². The van der Waals surface area contributed by atoms with Crippen molar-refractivity contribution >= 4 is 29.1 Å². The number of nitrogens with one attached hydrogen (secondary N) is 1. The molecule has 0 aliphatic carbocycles. The van der Waals surface area contributed by atoms with Gasteiger partial charge in [-0.2, -0.15) is 5.26 Å². The number of rotatable bonds is 6. The summed E-state index contributed by atoms with van der Waals surface area (Å²) in [7, 11) is 0. The molecule has 0 saturated carbocycles. The molecule has 7 nitrogen and oxygen atoms in total. The van der Waals surface area contributed by atoms with Crippen molar-refractivity contribution in [2.75, 3.05) is 5.32 Å². The van der Waals surface area contributed by atoms with Gasteiger partial charge in [-0.1, -0.05) is 42.5 Å². The molecular weight excluding hydrogens is 427 g/mol. The number of benzene rings is 3. The lowest BCUT2D eigenvalue weighted by atomic mass is 9.84. The average Bonchev–Trinajstić information content (AvgIpc) is 3.16. The number of carbonyl (C=O) groups is 4. The van der Waals surface area contributed by atoms with Gasteiger partial charge in [0.25, 0.3) is 5.91 Å². The zero-order valence-corrected chi connectivity index (χ0v) is 16.9. The second-order valence-corrected chi connectivity index (χ2v) is 7.21. The maximum Gasteiger partial charge on any atom is 0.339 e. The number of hydrogen-bond donors (Lipinski definition) is 1. The van der Waals surface area contributed by atoms with E-state index in [1.165, 1.54) is 42.5 Å². The summed E-state index contributed by atoms with van der Waals surface area (Å²) >= 11 is 0. The van der Waals surface area contributed by atoms with Gasteiger partial charge in [0.15, 0.2) is 5.78 Å². The van der Waals surface area contributed by atoms with Crippen molar-refractivity contribution in [2.45, 2.75) is 6.10 Å². The Kier molecular flexibility index (Phi) is 5.79. The van der Waals surface area contributed by atoms with Crippen LogP contribution in [0.25, 0.3) is 0 Å². The molecule has 33 heavy (non-hydrogen) atoms. The topological polar surface area (TPSA) is 113 Å². The van der Waals surface area contributed by atoms with E-state index in [1.807, 2.05) is 6.07 Å². The molecule has 0 unspecified atom stereocenters. The first-order chi connectivity index (χ1) is 15.9. The number of amides is 1. The smallest absolute Gasteiger partial charge is 0.339 e. The number of nitrogens with zero attached hydrogens (tertiary/aromatic N) is 1. The summed E-state index contributed by atoms with van der Waals surface area (Å²) in [5.74, 6) is -6.91. The number of fused-ring (bicyclic) bond motifs is 1. The highest BCUT2D eigenvalue weighted by Crippen LogP contribution is 2.38. The van der Waals surface area contributed by atoms with Gasteiger partial charge in [-0.05, 0) is 30.3 Å². The van der Waals surface area contributed by atoms with Crippen molar-refractivity contribution in [1.82, 2.24) is 0 Å². The van der Waals surface area contributed by atoms with Gasteiger partial charge in [-0.3, -0.25) is 14.4 Å². The minimum absolute atomic E-state index is 0.0688. The van der Waals surface area contributed by atoms with E-state index >= 15 is 0 Å². The summed E-state index contributed by atoms with van der Waals surface area (Å²) in [5, 5.41) is 11.5. The lowest BCUT2D eigenvalue weighted by Gasteiger charge is -2.21. The molecule has 0 radical (unpaired) electrons. The Labute approximate surface area is 187 Å². The Hall–Kier alpha value is -4.64. The molecule has 1 heterocycles. The van der Waals surface area contributed by atoms with E-state index in [0.29, 0.717) is 0 Å². The first-order valence-corrected chi connectivity index (χ1v) is 9.85. The number of cyclic esters (lactones) is 1. The second kappa shape index (κ2) is 8.85. The zero-order chi connectivity index (χ0) is 23.5. The molecule has 1 aliphatic rings. The van der Waals surface area contributed by atoms with Crippen molar-refractivity contribution in [3.05, 3.63) is 101 Å². The van der Waals surface area contributed by atoms with Gasteiger partial charge in [0, 0.05) is 5.56 Å². The van der Waals surface area contributed by atoms with Crippen LogP contribution >= 0.6 is 0 Å². The van der Waals surface area contributed by atoms with Crippen molar-refractivity contribution in [2.24, 2.45) is 5.92 Å². The molecule has 0 bridgehead atoms. The largest absolute Gasteiger partial charge is 0.453 e. The number of ether oxygens (including phenoxy) is 1. The molecule has 8 heteroatoms. The molecule has 0 fully saturated rings. The standard InChI is InChI=1S/C25H15FN2O5/c26-18-11-5-4-10-17(18)21(29)20(23-15-8-2-3-9-16(15)25(32)33-23)22(30)24(31)28-19-12-6-1-7-14(19)13-27/h1-12,20,23H,(H,28,31)/t20-,23+/m1/s1. The zero-order valence-electron chi connectivity index (χ0n) is 16.9. The van der Waals surface area contributed by atoms with Crippen LogP contribution < -0.4 is 5.32 Å². The Balaban J connectivity index is 1.75. The predicted molar refractivity (Wildman–Crippen MR) is 114 cm³/mol. The molecule has 2 atom stereocenters. The summed E-state index contributed by atoms with van der Waals surface area (Å²) in [6.45, 7) is 0. The molecule has 1 amide bonds. The lowest BCUT2D eigenvalue weighted by Crippen LogP contribution is -2.38. The normalized spacial score (nSPS) is 15.0. The van der Waals surface area contributed by atoms with E-state index in [-0.39, 0.29) is 22.4 Å². The Morgan fingerprint density at radius 1 is 0.970 bits per heavy atom. The van der Waals surface area contributed by atoms with Crippen LogP contribution in [0.15, 0.2) is 72.8 Å². The van der Waals surface area contributed by atoms with Gasteiger partial charge in [0.05, 0.1) is 22.4 Å². The fourth-order valence-corrected chi connectivity index (χ4v) is 3.66. The summed E-state index contributed by atoms with van der Waals surface area (Å²) in [4.78, 5) is 51.7. The van der Waals surface area contributed by atoms with E-state index in [1.54, 1.807) is 24.3 Å². The van der Waals surface area contributed by atoms with Gasteiger partial charge >= 0.3 is 5.97 Å². The molecule has 0 aromatic heterocycles. The average molecular weight is 442 g/mol. The summed E-state index contributed by atoms with van der Waals surface area (Å²) < 4.78 is 19.7. The van der Waals surface area contributed by atoms with Crippen molar-refractivity contribution < 1.29 is 28.3 Å². The van der Waals surface area contributed by atoms with Gasteiger partial charge in [-0.25, -0.2) is 9.18 Å². The first kappa shape index (κ1) is 21.6. The van der Waals surface area contributed by atoms with Crippen LogP contribution in [0, 0.1) is 23.1 Å². The highest BCUT2D eigenvalue weighted by molar-refractivity contribution is 6.45. The third-order valence-corrected chi connectivity index (χ3v) is 5.25. The van der Waals surface area contributed by atoms with Crippen molar-refractivity contribution in [3.63, 3.8) is 0 Å². The maximum atomic E-state index is 14.4. The number of para-hydroxylation sites is 1. The van der Waals surface area contributed by atoms with Gasteiger partial charge in [0.1, 0.15) is 23.9 Å². The molecule has 162 valence electrons. The SMILES string of the molecule is N#Cc1ccccc1NC(=O)C(=O)[C@@H](C(=O)c1ccccc1F)[C@H]1OC(=O)c2ccccc21. The summed E-state index contributed by atoms with van der Waals surface area (Å²) in [6, 6.07) is 19.0. The number of anilines is 1. The third-order valence-electron chi connectivity index (χ3n) is 5.25. The van der Waals surface area contributed by atoms with E-state index in [9.17, 15) is 28.8 Å². The quantitative estimate of drug-likeness (QED) is 0.270. The highest BCUT2D eigenvalue weighted by Gasteiger charge is 2.46. The van der Waals surface area contributed by atoms with E-state index in [4.69, 9.17) is 4.74 Å². The maximum absolute atomic E-state index is 14.4. The number of carbonyl (C=O) groups excluding carboxylic acids is 4. The van der Waals surface area contributed by atoms with Crippen LogP contribution in [0.1, 0.15) is 37.9 Å². The molecule has 3 aromatic carbocycles. The number of nitriles is 1. The molecule has 0 spiro atoms. The monoisotopic (exact) mass is 442 g/mol. The Bertz CT molecular complexity index is 1340. The Morgan fingerprint density at radius 3 is 2.39 bits per heavy atom. The fourth-order valence-electron chi connectivity index (χ4n) is 3.66. The summed E-state index contributed by atoms with van der Waals surface area (Å²) in [5.41, 5.74) is 0.154. The Morgan fingerprint density at radius 2 is 1.64 bits per heavy atom. The van der Waals surface area contributed by atoms with Crippen LogP contribution in [0.2, 0.25) is 0 Å². The van der Waals surface area contributed by atoms with Crippen LogP contribution in [0.4, 0.5) is 10.1 Å². The van der Waals surface area contributed by atoms with E-state index in [0.717, 1.165) is 6.07 Å². The highest BCUT2D eigenvalue weighted by atomic mass is 19.1. The van der Waals surface area contributed by atoms with Crippen LogP contribution in [0.5, 0.6) is 0 Å². The fraction of sp³-hybridized carbons (Fsp3) is 0.0800. The minimum atomic E-state index is -1.83. The van der Waals surface area contributed by atoms with Crippen LogP contribution in [-0.4, -0.2) is 23.4 Å². The number of esters is 1. The van der Waals surface area contributed by atoms with Gasteiger partial charge in [0.2, 0.25) is 5.78 Å². The van der Waals surface area contributed by atoms with E-state index in [2.05, 4.69) is 5.32 Å². The molecule has 1 aliphatic heterocycles. The van der Waals surface area contributed by atoms with Crippen LogP contribution in [-0.2, 0) is 14.3 Å². The number of hydrogen-bond acceptors (Lipinski definition) is 6. The molecule has 1 N–H and O–H groups in total. The number of Topliss-reactive ketones (excluding diaryl/α,β-unsaturated/α-hetero) is 2. The molecular formula is C25H15FN2O5. The first-order valence-electron chi connectivity index (χ1n) is 9.85. The van der Waals surface area contributed by atoms with E-state index < -0.39 is 46.8 Å². The van der Waals surface area contributed by atoms with Gasteiger partial charge < -0.3 is 10.1 Å². The molecule has 3 aromatic rings. The van der Waals surface area contributed by atoms with Crippen molar-refractivity contribution in [1.29, 1.82) is 5.26 Å². The minimum Gasteiger partial charge on any atom is -0.453 e. The second-order valence-electron chi connectivity index (χ2n) is 7.21.